The van der Waals surface area contributed by atoms with Gasteiger partial charge in [-0.05, 0) is 61.8 Å². The zero-order valence-electron chi connectivity index (χ0n) is 18.9. The number of rotatable bonds is 4. The molecule has 3 heterocycles. The van der Waals surface area contributed by atoms with Crippen LogP contribution in [0, 0.1) is 11.3 Å². The number of aromatic amines is 1. The number of amides is 2. The van der Waals surface area contributed by atoms with Gasteiger partial charge in [0.25, 0.3) is 5.91 Å². The van der Waals surface area contributed by atoms with E-state index in [0.717, 1.165) is 53.7 Å². The van der Waals surface area contributed by atoms with Crippen LogP contribution in [0.4, 0.5) is 4.79 Å². The van der Waals surface area contributed by atoms with E-state index < -0.39 is 6.09 Å². The van der Waals surface area contributed by atoms with Crippen LogP contribution in [0.2, 0.25) is 0 Å². The van der Waals surface area contributed by atoms with Gasteiger partial charge in [0.05, 0.1) is 18.2 Å². The minimum absolute atomic E-state index is 0.0287. The second-order valence-corrected chi connectivity index (χ2v) is 9.02. The Bertz CT molecular complexity index is 1270. The van der Waals surface area contributed by atoms with Gasteiger partial charge in [0.1, 0.15) is 0 Å². The van der Waals surface area contributed by atoms with Gasteiger partial charge in [0.15, 0.2) is 0 Å². The molecule has 2 amide bonds. The number of carboxylic acid groups (broad SMARTS) is 1. The molecule has 0 unspecified atom stereocenters. The number of fused-ring (bicyclic) bond motifs is 3. The summed E-state index contributed by atoms with van der Waals surface area (Å²) in [5, 5.41) is 22.8. The summed E-state index contributed by atoms with van der Waals surface area (Å²) >= 11 is 0. The Labute approximate surface area is 197 Å². The molecular formula is C26H27N5O3. The molecule has 8 heteroatoms. The average molecular weight is 458 g/mol. The van der Waals surface area contributed by atoms with Gasteiger partial charge in [-0.25, -0.2) is 4.79 Å². The molecule has 3 aromatic rings. The van der Waals surface area contributed by atoms with E-state index >= 15 is 0 Å². The molecule has 34 heavy (non-hydrogen) atoms. The van der Waals surface area contributed by atoms with Crippen molar-refractivity contribution >= 4 is 22.9 Å². The highest BCUT2D eigenvalue weighted by Gasteiger charge is 2.28. The lowest BCUT2D eigenvalue weighted by molar-refractivity contribution is 0.0623. The fraction of sp³-hybridized carbons (Fsp3) is 0.346. The Kier molecular flexibility index (Phi) is 5.95. The molecule has 5 rings (SSSR count). The molecule has 0 atom stereocenters. The van der Waals surface area contributed by atoms with Gasteiger partial charge in [-0.1, -0.05) is 12.1 Å². The summed E-state index contributed by atoms with van der Waals surface area (Å²) in [6, 6.07) is 15.3. The molecule has 0 saturated carbocycles. The van der Waals surface area contributed by atoms with Gasteiger partial charge in [0.2, 0.25) is 0 Å². The maximum Gasteiger partial charge on any atom is 0.407 e. The molecule has 1 saturated heterocycles. The third kappa shape index (κ3) is 4.22. The smallest absolute Gasteiger partial charge is 0.407 e. The first-order chi connectivity index (χ1) is 16.5. The molecule has 8 nitrogen and oxygen atoms in total. The van der Waals surface area contributed by atoms with E-state index in [-0.39, 0.29) is 11.9 Å². The van der Waals surface area contributed by atoms with Crippen LogP contribution in [0.25, 0.3) is 10.9 Å². The molecule has 0 spiro atoms. The Morgan fingerprint density at radius 1 is 1.15 bits per heavy atom. The largest absolute Gasteiger partial charge is 0.465 e. The number of nitrogens with one attached hydrogen (secondary N) is 2. The van der Waals surface area contributed by atoms with Gasteiger partial charge in [-0.3, -0.25) is 4.79 Å². The van der Waals surface area contributed by atoms with E-state index in [2.05, 4.69) is 16.4 Å². The number of nitriles is 1. The predicted octanol–water partition coefficient (Wildman–Crippen LogP) is 3.47. The van der Waals surface area contributed by atoms with Crippen LogP contribution in [0.5, 0.6) is 0 Å². The van der Waals surface area contributed by atoms with Crippen molar-refractivity contribution in [2.45, 2.75) is 38.4 Å². The molecule has 2 aromatic carbocycles. The minimum atomic E-state index is -0.924. The third-order valence-corrected chi connectivity index (χ3v) is 6.94. The fourth-order valence-corrected chi connectivity index (χ4v) is 5.04. The standard InChI is InChI=1S/C26H27N5O3/c27-14-17-1-3-18(4-2-17)15-31(20-7-10-28-11-8-20)25(32)19-5-6-23-21(13-19)22-16-30(26(33)34)12-9-24(22)29-23/h1-6,13,20,28-29H,7-12,15-16H2,(H,33,34). The summed E-state index contributed by atoms with van der Waals surface area (Å²) in [7, 11) is 0. The van der Waals surface area contributed by atoms with Crippen LogP contribution in [0.15, 0.2) is 42.5 Å². The Balaban J connectivity index is 1.47. The Morgan fingerprint density at radius 3 is 2.62 bits per heavy atom. The number of hydrogen-bond donors (Lipinski definition) is 3. The van der Waals surface area contributed by atoms with Crippen LogP contribution in [0.3, 0.4) is 0 Å². The molecule has 174 valence electrons. The summed E-state index contributed by atoms with van der Waals surface area (Å²) in [5.41, 5.74) is 5.12. The predicted molar refractivity (Wildman–Crippen MR) is 127 cm³/mol. The first kappa shape index (κ1) is 22.0. The number of benzene rings is 2. The van der Waals surface area contributed by atoms with Crippen molar-refractivity contribution in [2.75, 3.05) is 19.6 Å². The number of carbonyl (C=O) groups is 2. The van der Waals surface area contributed by atoms with Crippen molar-refractivity contribution < 1.29 is 14.7 Å². The van der Waals surface area contributed by atoms with Crippen LogP contribution >= 0.6 is 0 Å². The van der Waals surface area contributed by atoms with E-state index in [1.54, 1.807) is 12.1 Å². The summed E-state index contributed by atoms with van der Waals surface area (Å²) in [4.78, 5) is 32.1. The van der Waals surface area contributed by atoms with Gasteiger partial charge >= 0.3 is 6.09 Å². The molecule has 2 aliphatic rings. The van der Waals surface area contributed by atoms with Crippen LogP contribution in [-0.4, -0.2) is 57.6 Å². The topological polar surface area (TPSA) is 112 Å². The zero-order chi connectivity index (χ0) is 23.7. The SMILES string of the molecule is N#Cc1ccc(CN(C(=O)c2ccc3[nH]c4c(c3c2)CN(C(=O)O)CC4)C2CCNCC2)cc1. The maximum absolute atomic E-state index is 13.8. The van der Waals surface area contributed by atoms with Gasteiger partial charge < -0.3 is 25.2 Å². The number of aromatic nitrogens is 1. The monoisotopic (exact) mass is 457 g/mol. The normalized spacial score (nSPS) is 16.1. The summed E-state index contributed by atoms with van der Waals surface area (Å²) in [6.45, 7) is 3.01. The number of hydrogen-bond acceptors (Lipinski definition) is 4. The average Bonchev–Trinajstić information content (AvgIpc) is 3.25. The first-order valence-electron chi connectivity index (χ1n) is 11.7. The lowest BCUT2D eigenvalue weighted by Crippen LogP contribution is -2.45. The van der Waals surface area contributed by atoms with E-state index in [9.17, 15) is 14.7 Å². The van der Waals surface area contributed by atoms with Gasteiger partial charge in [-0.15, -0.1) is 0 Å². The number of carbonyl (C=O) groups excluding carboxylic acids is 1. The molecule has 0 aliphatic carbocycles. The second-order valence-electron chi connectivity index (χ2n) is 9.02. The van der Waals surface area contributed by atoms with Gasteiger partial charge in [-0.2, -0.15) is 5.26 Å². The highest BCUT2D eigenvalue weighted by Crippen LogP contribution is 2.30. The fourth-order valence-electron chi connectivity index (χ4n) is 5.04. The zero-order valence-corrected chi connectivity index (χ0v) is 18.9. The molecule has 0 bridgehead atoms. The van der Waals surface area contributed by atoms with Crippen LogP contribution in [0.1, 0.15) is 45.6 Å². The van der Waals surface area contributed by atoms with E-state index in [1.807, 2.05) is 35.2 Å². The molecule has 0 radical (unpaired) electrons. The maximum atomic E-state index is 13.8. The summed E-state index contributed by atoms with van der Waals surface area (Å²) in [5.74, 6) is -0.0287. The molecular weight excluding hydrogens is 430 g/mol. The second kappa shape index (κ2) is 9.20. The molecule has 1 fully saturated rings. The number of nitrogens with zero attached hydrogens (tertiary/aromatic N) is 3. The van der Waals surface area contributed by atoms with Crippen LogP contribution < -0.4 is 5.32 Å². The number of H-pyrrole nitrogens is 1. The Hall–Kier alpha value is -3.83. The third-order valence-electron chi connectivity index (χ3n) is 6.94. The van der Waals surface area contributed by atoms with E-state index in [1.165, 1.54) is 4.90 Å². The van der Waals surface area contributed by atoms with Crippen molar-refractivity contribution in [1.29, 1.82) is 5.26 Å². The van der Waals surface area contributed by atoms with Crippen molar-refractivity contribution in [2.24, 2.45) is 0 Å². The highest BCUT2D eigenvalue weighted by atomic mass is 16.4. The Morgan fingerprint density at radius 2 is 1.91 bits per heavy atom. The minimum Gasteiger partial charge on any atom is -0.465 e. The molecule has 1 aromatic heterocycles. The summed E-state index contributed by atoms with van der Waals surface area (Å²) < 4.78 is 0. The molecule has 2 aliphatic heterocycles. The number of piperidine rings is 1. The first-order valence-corrected chi connectivity index (χ1v) is 11.7. The lowest BCUT2D eigenvalue weighted by atomic mass is 10.00. The molecule has 3 N–H and O–H groups in total. The van der Waals surface area contributed by atoms with Crippen molar-refractivity contribution in [3.8, 4) is 6.07 Å². The van der Waals surface area contributed by atoms with Crippen molar-refractivity contribution in [3.63, 3.8) is 0 Å². The van der Waals surface area contributed by atoms with E-state index in [4.69, 9.17) is 5.26 Å². The summed E-state index contributed by atoms with van der Waals surface area (Å²) in [6.07, 6.45) is 1.49. The van der Waals surface area contributed by atoms with Crippen molar-refractivity contribution in [1.82, 2.24) is 20.1 Å². The lowest BCUT2D eigenvalue weighted by Gasteiger charge is -2.35. The van der Waals surface area contributed by atoms with Gasteiger partial charge in [0, 0.05) is 53.3 Å². The van der Waals surface area contributed by atoms with Crippen LogP contribution in [-0.2, 0) is 19.5 Å². The quantitative estimate of drug-likeness (QED) is 0.555. The van der Waals surface area contributed by atoms with E-state index in [0.29, 0.717) is 37.2 Å². The van der Waals surface area contributed by atoms with Crippen molar-refractivity contribution in [3.05, 3.63) is 70.4 Å². The highest BCUT2D eigenvalue weighted by molar-refractivity contribution is 5.99.